The van der Waals surface area contributed by atoms with Crippen LogP contribution in [0.25, 0.3) is 0 Å². The van der Waals surface area contributed by atoms with Crippen LogP contribution in [0.5, 0.6) is 0 Å². The number of amides is 1. The van der Waals surface area contributed by atoms with E-state index in [4.69, 9.17) is 5.53 Å². The van der Waals surface area contributed by atoms with E-state index in [0.29, 0.717) is 5.56 Å². The number of nitrogens with one attached hydrogen (secondary N) is 1. The summed E-state index contributed by atoms with van der Waals surface area (Å²) < 4.78 is 0. The Morgan fingerprint density at radius 3 is 2.31 bits per heavy atom. The number of hydrogen-bond donors (Lipinski definition) is 1. The Kier molecular flexibility index (Phi) is 2.67. The SMILES string of the molecule is Cc1cc(C)cc(C(=O)N=[N+]=N)c1. The van der Waals surface area contributed by atoms with Gasteiger partial charge in [-0.1, -0.05) is 17.2 Å². The van der Waals surface area contributed by atoms with Crippen molar-refractivity contribution in [1.29, 1.82) is 5.53 Å². The minimum absolute atomic E-state index is 0.471. The highest BCUT2D eigenvalue weighted by Gasteiger charge is 2.09. The van der Waals surface area contributed by atoms with Crippen LogP contribution in [0.4, 0.5) is 0 Å². The third-order valence-electron chi connectivity index (χ3n) is 1.61. The zero-order chi connectivity index (χ0) is 9.84. The molecular formula is C9H10N3O+. The smallest absolute Gasteiger partial charge is 0.259 e. The molecular weight excluding hydrogens is 166 g/mol. The predicted molar refractivity (Wildman–Crippen MR) is 47.5 cm³/mol. The molecule has 1 aromatic carbocycles. The molecule has 0 atom stereocenters. The van der Waals surface area contributed by atoms with Crippen molar-refractivity contribution in [2.45, 2.75) is 13.8 Å². The summed E-state index contributed by atoms with van der Waals surface area (Å²) in [5, 5.41) is 3.13. The first-order chi connectivity index (χ1) is 6.13. The van der Waals surface area contributed by atoms with E-state index < -0.39 is 5.91 Å². The molecule has 1 N–H and O–H groups in total. The number of aryl methyl sites for hydroxylation is 2. The summed E-state index contributed by atoms with van der Waals surface area (Å²) in [6.07, 6.45) is 0. The van der Waals surface area contributed by atoms with Crippen LogP contribution in [0.15, 0.2) is 23.3 Å². The van der Waals surface area contributed by atoms with Crippen LogP contribution in [0, 0.1) is 19.4 Å². The van der Waals surface area contributed by atoms with Gasteiger partial charge in [0, 0.05) is 5.56 Å². The fourth-order valence-corrected chi connectivity index (χ4v) is 1.20. The van der Waals surface area contributed by atoms with E-state index in [9.17, 15) is 4.79 Å². The minimum Gasteiger partial charge on any atom is -0.259 e. The molecule has 0 radical (unpaired) electrons. The number of hydrogen-bond acceptors (Lipinski definition) is 2. The fourth-order valence-electron chi connectivity index (χ4n) is 1.20. The molecule has 0 fully saturated rings. The highest BCUT2D eigenvalue weighted by Crippen LogP contribution is 2.09. The molecule has 0 unspecified atom stereocenters. The zero-order valence-corrected chi connectivity index (χ0v) is 7.53. The van der Waals surface area contributed by atoms with Gasteiger partial charge in [0.2, 0.25) is 10.0 Å². The molecule has 0 saturated carbocycles. The van der Waals surface area contributed by atoms with E-state index in [1.54, 1.807) is 12.1 Å². The van der Waals surface area contributed by atoms with Crippen molar-refractivity contribution in [2.24, 2.45) is 5.11 Å². The molecule has 4 heteroatoms. The Bertz CT molecular complexity index is 372. The maximum atomic E-state index is 11.2. The van der Waals surface area contributed by atoms with E-state index in [1.807, 2.05) is 19.9 Å². The molecule has 0 aliphatic heterocycles. The van der Waals surface area contributed by atoms with Crippen molar-refractivity contribution in [3.05, 3.63) is 34.9 Å². The first-order valence-corrected chi connectivity index (χ1v) is 3.83. The quantitative estimate of drug-likeness (QED) is 0.516. The second kappa shape index (κ2) is 3.74. The molecule has 0 aliphatic rings. The van der Waals surface area contributed by atoms with E-state index in [0.717, 1.165) is 11.1 Å². The normalized spacial score (nSPS) is 9.08. The summed E-state index contributed by atoms with van der Waals surface area (Å²) in [5.74, 6) is -0.471. The van der Waals surface area contributed by atoms with Gasteiger partial charge in [-0.25, -0.2) is 0 Å². The maximum absolute atomic E-state index is 11.2. The van der Waals surface area contributed by atoms with Gasteiger partial charge in [-0.15, -0.1) is 0 Å². The van der Waals surface area contributed by atoms with Gasteiger partial charge in [0.25, 0.3) is 0 Å². The Balaban J connectivity index is 3.15. The molecule has 1 rings (SSSR count). The topological polar surface area (TPSA) is 67.4 Å². The van der Waals surface area contributed by atoms with Gasteiger partial charge < -0.3 is 0 Å². The standard InChI is InChI=1S/C9H10N3O/c1-6-3-7(2)5-8(4-6)9(13)11-12-10/h3-5,10H,1-2H3/q+1. The minimum atomic E-state index is -0.471. The first kappa shape index (κ1) is 9.29. The average Bonchev–Trinajstić information content (AvgIpc) is 2.03. The molecule has 0 heterocycles. The largest absolute Gasteiger partial charge is 0.360 e. The molecule has 13 heavy (non-hydrogen) atoms. The van der Waals surface area contributed by atoms with Gasteiger partial charge in [0.05, 0.1) is 0 Å². The number of nitrogens with zero attached hydrogens (tertiary/aromatic N) is 2. The average molecular weight is 176 g/mol. The van der Waals surface area contributed by atoms with Crippen LogP contribution >= 0.6 is 0 Å². The Labute approximate surface area is 75.8 Å². The van der Waals surface area contributed by atoms with Crippen molar-refractivity contribution >= 4 is 5.91 Å². The Hall–Kier alpha value is -1.80. The van der Waals surface area contributed by atoms with Crippen molar-refractivity contribution in [2.75, 3.05) is 0 Å². The molecule has 0 spiro atoms. The summed E-state index contributed by atoms with van der Waals surface area (Å²) in [4.78, 5) is 13.9. The lowest BCUT2D eigenvalue weighted by Gasteiger charge is -1.97. The lowest BCUT2D eigenvalue weighted by molar-refractivity contribution is 0.0992. The van der Waals surface area contributed by atoms with Gasteiger partial charge in [-0.05, 0) is 26.0 Å². The van der Waals surface area contributed by atoms with E-state index >= 15 is 0 Å². The zero-order valence-electron chi connectivity index (χ0n) is 7.53. The van der Waals surface area contributed by atoms with Crippen molar-refractivity contribution < 1.29 is 4.79 Å². The fraction of sp³-hybridized carbons (Fsp3) is 0.222. The summed E-state index contributed by atoms with van der Waals surface area (Å²) >= 11 is 0. The lowest BCUT2D eigenvalue weighted by Crippen LogP contribution is -1.96. The monoisotopic (exact) mass is 176 g/mol. The van der Waals surface area contributed by atoms with Crippen LogP contribution < -0.4 is 4.91 Å². The number of rotatable bonds is 1. The van der Waals surface area contributed by atoms with Crippen LogP contribution in [0.2, 0.25) is 0 Å². The summed E-state index contributed by atoms with van der Waals surface area (Å²) in [6, 6.07) is 5.42. The number of carbonyl (C=O) groups is 1. The summed E-state index contributed by atoms with van der Waals surface area (Å²) in [6.45, 7) is 3.81. The van der Waals surface area contributed by atoms with Gasteiger partial charge >= 0.3 is 5.91 Å². The van der Waals surface area contributed by atoms with Crippen molar-refractivity contribution in [3.8, 4) is 0 Å². The van der Waals surface area contributed by atoms with Crippen LogP contribution in [-0.4, -0.2) is 5.91 Å². The molecule has 0 aliphatic carbocycles. The van der Waals surface area contributed by atoms with Gasteiger partial charge in [0.15, 0.2) is 0 Å². The number of benzene rings is 1. The predicted octanol–water partition coefficient (Wildman–Crippen LogP) is 1.99. The van der Waals surface area contributed by atoms with Gasteiger partial charge in [0.1, 0.15) is 5.53 Å². The van der Waals surface area contributed by atoms with Crippen LogP contribution in [0.3, 0.4) is 0 Å². The van der Waals surface area contributed by atoms with E-state index in [1.165, 1.54) is 0 Å². The van der Waals surface area contributed by atoms with E-state index in [-0.39, 0.29) is 0 Å². The summed E-state index contributed by atoms with van der Waals surface area (Å²) in [5.41, 5.74) is 8.91. The second-order valence-corrected chi connectivity index (χ2v) is 2.88. The third kappa shape index (κ3) is 2.32. The molecule has 66 valence electrons. The van der Waals surface area contributed by atoms with E-state index in [2.05, 4.69) is 10.0 Å². The van der Waals surface area contributed by atoms with Crippen molar-refractivity contribution in [1.82, 2.24) is 4.91 Å². The Morgan fingerprint density at radius 2 is 1.85 bits per heavy atom. The molecule has 1 amide bonds. The Morgan fingerprint density at radius 1 is 1.31 bits per heavy atom. The van der Waals surface area contributed by atoms with Gasteiger partial charge in [-0.3, -0.25) is 4.79 Å². The highest BCUT2D eigenvalue weighted by atomic mass is 16.1. The van der Waals surface area contributed by atoms with Crippen LogP contribution in [0.1, 0.15) is 21.5 Å². The first-order valence-electron chi connectivity index (χ1n) is 3.83. The third-order valence-corrected chi connectivity index (χ3v) is 1.61. The molecule has 0 saturated heterocycles. The lowest BCUT2D eigenvalue weighted by atomic mass is 10.1. The van der Waals surface area contributed by atoms with Crippen molar-refractivity contribution in [3.63, 3.8) is 0 Å². The molecule has 0 bridgehead atoms. The second-order valence-electron chi connectivity index (χ2n) is 2.88. The maximum Gasteiger partial charge on any atom is 0.360 e. The molecule has 4 nitrogen and oxygen atoms in total. The highest BCUT2D eigenvalue weighted by molar-refractivity contribution is 5.94. The molecule has 0 aromatic heterocycles. The molecule has 1 aromatic rings. The van der Waals surface area contributed by atoms with Crippen LogP contribution in [-0.2, 0) is 0 Å². The summed E-state index contributed by atoms with van der Waals surface area (Å²) in [7, 11) is 0. The van der Waals surface area contributed by atoms with Gasteiger partial charge in [-0.2, -0.15) is 0 Å². The number of carbonyl (C=O) groups excluding carboxylic acids is 1.